The van der Waals surface area contributed by atoms with Crippen LogP contribution in [0.2, 0.25) is 0 Å². The van der Waals surface area contributed by atoms with Gasteiger partial charge in [0.15, 0.2) is 0 Å². The van der Waals surface area contributed by atoms with Gasteiger partial charge in [0.2, 0.25) is 0 Å². The first kappa shape index (κ1) is 16.3. The summed E-state index contributed by atoms with van der Waals surface area (Å²) < 4.78 is 5.81. The minimum absolute atomic E-state index is 0.646. The fourth-order valence-corrected chi connectivity index (χ4v) is 3.94. The molecule has 2 aliphatic carbocycles. The minimum atomic E-state index is 0.646. The van der Waals surface area contributed by atoms with Crippen LogP contribution in [0.3, 0.4) is 0 Å². The molecule has 0 aromatic carbocycles. The van der Waals surface area contributed by atoms with Crippen molar-refractivity contribution in [2.45, 2.75) is 58.5 Å². The number of hydrogen-bond acceptors (Lipinski definition) is 3. The van der Waals surface area contributed by atoms with Gasteiger partial charge in [0.25, 0.3) is 0 Å². The highest BCUT2D eigenvalue weighted by Crippen LogP contribution is 2.32. The maximum Gasteiger partial charge on any atom is 0.0593 e. The highest BCUT2D eigenvalue weighted by atomic mass is 16.5. The Balaban J connectivity index is 1.78. The van der Waals surface area contributed by atoms with Gasteiger partial charge in [-0.1, -0.05) is 20.8 Å². The van der Waals surface area contributed by atoms with Gasteiger partial charge in [0.05, 0.1) is 6.61 Å². The average molecular weight is 282 g/mol. The zero-order chi connectivity index (χ0) is 14.5. The zero-order valence-electron chi connectivity index (χ0n) is 13.9. The van der Waals surface area contributed by atoms with E-state index in [1.54, 1.807) is 0 Å². The molecule has 0 aromatic heterocycles. The molecule has 20 heavy (non-hydrogen) atoms. The smallest absolute Gasteiger partial charge is 0.0593 e. The molecule has 0 heterocycles. The summed E-state index contributed by atoms with van der Waals surface area (Å²) in [5.74, 6) is 2.50. The molecule has 0 radical (unpaired) electrons. The molecule has 3 heteroatoms. The molecule has 0 amide bonds. The summed E-state index contributed by atoms with van der Waals surface area (Å²) in [7, 11) is 2.28. The van der Waals surface area contributed by atoms with Gasteiger partial charge in [-0.3, -0.25) is 4.90 Å². The van der Waals surface area contributed by atoms with Crippen LogP contribution in [0.4, 0.5) is 0 Å². The molecule has 0 aliphatic heterocycles. The van der Waals surface area contributed by atoms with Crippen molar-refractivity contribution in [1.82, 2.24) is 10.2 Å². The number of rotatable bonds is 8. The summed E-state index contributed by atoms with van der Waals surface area (Å²) in [5.41, 5.74) is 0. The molecule has 2 aliphatic rings. The molecule has 4 unspecified atom stereocenters. The molecule has 118 valence electrons. The molecule has 0 aromatic rings. The number of ether oxygens (including phenoxy) is 1. The van der Waals surface area contributed by atoms with Gasteiger partial charge in [-0.05, 0) is 57.0 Å². The van der Waals surface area contributed by atoms with Crippen molar-refractivity contribution in [3.63, 3.8) is 0 Å². The van der Waals surface area contributed by atoms with E-state index in [2.05, 4.69) is 38.0 Å². The van der Waals surface area contributed by atoms with E-state index in [0.29, 0.717) is 12.1 Å². The lowest BCUT2D eigenvalue weighted by Crippen LogP contribution is -2.56. The normalized spacial score (nSPS) is 34.6. The van der Waals surface area contributed by atoms with Crippen molar-refractivity contribution < 1.29 is 4.74 Å². The van der Waals surface area contributed by atoms with Crippen molar-refractivity contribution in [3.8, 4) is 0 Å². The zero-order valence-corrected chi connectivity index (χ0v) is 13.9. The van der Waals surface area contributed by atoms with E-state index < -0.39 is 0 Å². The summed E-state index contributed by atoms with van der Waals surface area (Å²) >= 11 is 0. The van der Waals surface area contributed by atoms with Crippen LogP contribution in [0.25, 0.3) is 0 Å². The van der Waals surface area contributed by atoms with E-state index in [-0.39, 0.29) is 0 Å². The number of likely N-dealkylation sites (N-methyl/N-ethyl adjacent to an activating group) is 2. The summed E-state index contributed by atoms with van der Waals surface area (Å²) in [6.45, 7) is 11.1. The number of hydrogen-bond donors (Lipinski definition) is 1. The van der Waals surface area contributed by atoms with Crippen LogP contribution >= 0.6 is 0 Å². The molecule has 2 saturated carbocycles. The van der Waals surface area contributed by atoms with Gasteiger partial charge in [-0.15, -0.1) is 0 Å². The lowest BCUT2D eigenvalue weighted by atomic mass is 9.76. The van der Waals surface area contributed by atoms with Crippen molar-refractivity contribution in [3.05, 3.63) is 0 Å². The first-order valence-corrected chi connectivity index (χ1v) is 8.63. The molecule has 0 spiro atoms. The molecule has 3 nitrogen and oxygen atoms in total. The van der Waals surface area contributed by atoms with Gasteiger partial charge in [0, 0.05) is 25.2 Å². The van der Waals surface area contributed by atoms with Crippen LogP contribution in [0.5, 0.6) is 0 Å². The van der Waals surface area contributed by atoms with Crippen molar-refractivity contribution in [2.75, 3.05) is 33.4 Å². The van der Waals surface area contributed by atoms with Crippen LogP contribution in [0, 0.1) is 17.8 Å². The third-order valence-electron chi connectivity index (χ3n) is 5.04. The van der Waals surface area contributed by atoms with E-state index in [4.69, 9.17) is 4.74 Å². The predicted octanol–water partition coefficient (Wildman–Crippen LogP) is 2.76. The van der Waals surface area contributed by atoms with Crippen LogP contribution in [0.1, 0.15) is 46.5 Å². The van der Waals surface area contributed by atoms with Gasteiger partial charge in [-0.2, -0.15) is 0 Å². The van der Waals surface area contributed by atoms with Gasteiger partial charge in [-0.25, -0.2) is 0 Å². The quantitative estimate of drug-likeness (QED) is 0.693. The SMILES string of the molecule is CCNC1CC(C)CC(C)C1N(C)CCOCC1CC1. The first-order valence-electron chi connectivity index (χ1n) is 8.63. The Morgan fingerprint density at radius 2 is 1.95 bits per heavy atom. The summed E-state index contributed by atoms with van der Waals surface area (Å²) in [6.07, 6.45) is 5.45. The summed E-state index contributed by atoms with van der Waals surface area (Å²) in [5, 5.41) is 3.71. The maximum absolute atomic E-state index is 5.81. The van der Waals surface area contributed by atoms with Crippen molar-refractivity contribution in [1.29, 1.82) is 0 Å². The van der Waals surface area contributed by atoms with Gasteiger partial charge >= 0.3 is 0 Å². The third kappa shape index (κ3) is 4.71. The van der Waals surface area contributed by atoms with E-state index in [1.807, 2.05) is 0 Å². The topological polar surface area (TPSA) is 24.5 Å². The minimum Gasteiger partial charge on any atom is -0.380 e. The molecule has 0 saturated heterocycles. The molecule has 2 rings (SSSR count). The Morgan fingerprint density at radius 3 is 2.60 bits per heavy atom. The second-order valence-corrected chi connectivity index (χ2v) is 7.21. The third-order valence-corrected chi connectivity index (χ3v) is 5.04. The Kier molecular flexibility index (Phi) is 6.31. The highest BCUT2D eigenvalue weighted by Gasteiger charge is 2.35. The Hall–Kier alpha value is -0.120. The average Bonchev–Trinajstić information content (AvgIpc) is 3.18. The molecule has 2 fully saturated rings. The lowest BCUT2D eigenvalue weighted by Gasteiger charge is -2.44. The Labute approximate surface area is 125 Å². The van der Waals surface area contributed by atoms with Crippen molar-refractivity contribution in [2.24, 2.45) is 17.8 Å². The van der Waals surface area contributed by atoms with E-state index >= 15 is 0 Å². The standard InChI is InChI=1S/C17H34N2O/c1-5-18-16-11-13(2)10-14(3)17(16)19(4)8-9-20-12-15-6-7-15/h13-18H,5-12H2,1-4H3. The van der Waals surface area contributed by atoms with Gasteiger partial charge in [0.1, 0.15) is 0 Å². The Bertz CT molecular complexity index is 280. The van der Waals surface area contributed by atoms with Crippen LogP contribution in [-0.4, -0.2) is 50.3 Å². The summed E-state index contributed by atoms with van der Waals surface area (Å²) in [4.78, 5) is 2.54. The Morgan fingerprint density at radius 1 is 1.20 bits per heavy atom. The molecular weight excluding hydrogens is 248 g/mol. The van der Waals surface area contributed by atoms with Crippen LogP contribution < -0.4 is 5.32 Å². The predicted molar refractivity (Wildman–Crippen MR) is 85.0 cm³/mol. The van der Waals surface area contributed by atoms with E-state index in [0.717, 1.165) is 44.1 Å². The lowest BCUT2D eigenvalue weighted by molar-refractivity contribution is 0.0455. The molecule has 1 N–H and O–H groups in total. The fourth-order valence-electron chi connectivity index (χ4n) is 3.94. The molecular formula is C17H34N2O. The first-order chi connectivity index (χ1) is 9.61. The van der Waals surface area contributed by atoms with Crippen molar-refractivity contribution >= 4 is 0 Å². The molecule has 0 bridgehead atoms. The summed E-state index contributed by atoms with van der Waals surface area (Å²) in [6, 6.07) is 1.31. The number of nitrogens with zero attached hydrogens (tertiary/aromatic N) is 1. The maximum atomic E-state index is 5.81. The second kappa shape index (κ2) is 7.77. The van der Waals surface area contributed by atoms with Gasteiger partial charge < -0.3 is 10.1 Å². The fraction of sp³-hybridized carbons (Fsp3) is 1.00. The largest absolute Gasteiger partial charge is 0.380 e. The van der Waals surface area contributed by atoms with Crippen LogP contribution in [0.15, 0.2) is 0 Å². The second-order valence-electron chi connectivity index (χ2n) is 7.21. The van der Waals surface area contributed by atoms with E-state index in [9.17, 15) is 0 Å². The molecule has 4 atom stereocenters. The van der Waals surface area contributed by atoms with E-state index in [1.165, 1.54) is 25.7 Å². The number of nitrogens with one attached hydrogen (secondary N) is 1. The monoisotopic (exact) mass is 282 g/mol. The highest BCUT2D eigenvalue weighted by molar-refractivity contribution is 4.93. The van der Waals surface area contributed by atoms with Crippen LogP contribution in [-0.2, 0) is 4.74 Å².